The summed E-state index contributed by atoms with van der Waals surface area (Å²) in [4.78, 5) is 2.33. The Morgan fingerprint density at radius 2 is 2.16 bits per heavy atom. The zero-order chi connectivity index (χ0) is 14.0. The van der Waals surface area contributed by atoms with E-state index in [1.165, 1.54) is 5.56 Å². The summed E-state index contributed by atoms with van der Waals surface area (Å²) < 4.78 is 0. The second-order valence-corrected chi connectivity index (χ2v) is 6.61. The Hall–Kier alpha value is -0.860. The molecule has 1 aliphatic rings. The van der Waals surface area contributed by atoms with Gasteiger partial charge >= 0.3 is 0 Å². The highest BCUT2D eigenvalue weighted by molar-refractivity contribution is 5.29. The minimum absolute atomic E-state index is 0.438. The SMILES string of the molecule is CC(C)Cc1cccc(C2(O)CCN(C)C(C)C2)c1. The highest BCUT2D eigenvalue weighted by Gasteiger charge is 2.36. The fourth-order valence-electron chi connectivity index (χ4n) is 3.05. The second-order valence-electron chi connectivity index (χ2n) is 6.61. The molecule has 1 N–H and O–H groups in total. The van der Waals surface area contributed by atoms with Crippen molar-refractivity contribution in [2.24, 2.45) is 5.92 Å². The lowest BCUT2D eigenvalue weighted by atomic mass is 9.80. The number of rotatable bonds is 3. The first-order valence-electron chi connectivity index (χ1n) is 7.43. The molecule has 19 heavy (non-hydrogen) atoms. The summed E-state index contributed by atoms with van der Waals surface area (Å²) in [6.07, 6.45) is 2.74. The molecule has 2 rings (SSSR count). The molecule has 0 aromatic heterocycles. The van der Waals surface area contributed by atoms with Crippen LogP contribution in [-0.2, 0) is 12.0 Å². The third-order valence-corrected chi connectivity index (χ3v) is 4.37. The topological polar surface area (TPSA) is 23.5 Å². The van der Waals surface area contributed by atoms with Gasteiger partial charge in [0.1, 0.15) is 0 Å². The van der Waals surface area contributed by atoms with E-state index in [2.05, 4.69) is 57.0 Å². The van der Waals surface area contributed by atoms with Crippen LogP contribution in [-0.4, -0.2) is 29.6 Å². The molecule has 1 fully saturated rings. The second kappa shape index (κ2) is 5.64. The molecule has 0 spiro atoms. The maximum absolute atomic E-state index is 11.0. The van der Waals surface area contributed by atoms with Gasteiger partial charge in [-0.25, -0.2) is 0 Å². The van der Waals surface area contributed by atoms with Gasteiger partial charge in [-0.15, -0.1) is 0 Å². The van der Waals surface area contributed by atoms with Crippen LogP contribution in [0.15, 0.2) is 24.3 Å². The smallest absolute Gasteiger partial charge is 0.0923 e. The van der Waals surface area contributed by atoms with E-state index in [1.807, 2.05) is 0 Å². The highest BCUT2D eigenvalue weighted by Crippen LogP contribution is 2.35. The number of aliphatic hydroxyl groups is 1. The molecule has 2 nitrogen and oxygen atoms in total. The quantitative estimate of drug-likeness (QED) is 0.903. The lowest BCUT2D eigenvalue weighted by Gasteiger charge is -2.41. The van der Waals surface area contributed by atoms with Gasteiger partial charge < -0.3 is 10.0 Å². The van der Waals surface area contributed by atoms with Crippen molar-refractivity contribution in [3.05, 3.63) is 35.4 Å². The summed E-state index contributed by atoms with van der Waals surface area (Å²) in [5, 5.41) is 11.0. The average Bonchev–Trinajstić information content (AvgIpc) is 2.34. The number of hydrogen-bond donors (Lipinski definition) is 1. The maximum atomic E-state index is 11.0. The summed E-state index contributed by atoms with van der Waals surface area (Å²) >= 11 is 0. The number of hydrogen-bond acceptors (Lipinski definition) is 2. The minimum Gasteiger partial charge on any atom is -0.385 e. The van der Waals surface area contributed by atoms with Crippen LogP contribution in [0, 0.1) is 5.92 Å². The Labute approximate surface area is 117 Å². The van der Waals surface area contributed by atoms with Gasteiger partial charge in [-0.1, -0.05) is 38.1 Å². The van der Waals surface area contributed by atoms with Crippen LogP contribution in [0.1, 0.15) is 44.7 Å². The fourth-order valence-corrected chi connectivity index (χ4v) is 3.05. The number of piperidine rings is 1. The van der Waals surface area contributed by atoms with Crippen molar-refractivity contribution in [1.29, 1.82) is 0 Å². The molecule has 1 saturated heterocycles. The Morgan fingerprint density at radius 3 is 2.79 bits per heavy atom. The lowest BCUT2D eigenvalue weighted by Crippen LogP contribution is -2.45. The number of likely N-dealkylation sites (tertiary alicyclic amines) is 1. The first kappa shape index (κ1) is 14.5. The molecule has 0 amide bonds. The molecule has 2 heteroatoms. The van der Waals surface area contributed by atoms with E-state index in [0.717, 1.165) is 31.4 Å². The highest BCUT2D eigenvalue weighted by atomic mass is 16.3. The van der Waals surface area contributed by atoms with Gasteiger partial charge in [0, 0.05) is 12.6 Å². The molecule has 2 unspecified atom stereocenters. The van der Waals surface area contributed by atoms with E-state index in [9.17, 15) is 5.11 Å². The van der Waals surface area contributed by atoms with Crippen molar-refractivity contribution in [2.45, 2.75) is 51.7 Å². The third-order valence-electron chi connectivity index (χ3n) is 4.37. The van der Waals surface area contributed by atoms with E-state index in [1.54, 1.807) is 0 Å². The summed E-state index contributed by atoms with van der Waals surface area (Å²) in [6.45, 7) is 7.63. The van der Waals surface area contributed by atoms with E-state index in [0.29, 0.717) is 12.0 Å². The number of nitrogens with zero attached hydrogens (tertiary/aromatic N) is 1. The third kappa shape index (κ3) is 3.37. The van der Waals surface area contributed by atoms with Gasteiger partial charge in [0.15, 0.2) is 0 Å². The molecule has 1 heterocycles. The molecule has 1 aromatic carbocycles. The van der Waals surface area contributed by atoms with Crippen molar-refractivity contribution in [3.63, 3.8) is 0 Å². The van der Waals surface area contributed by atoms with E-state index < -0.39 is 5.60 Å². The minimum atomic E-state index is -0.640. The summed E-state index contributed by atoms with van der Waals surface area (Å²) in [5.74, 6) is 0.654. The molecular weight excluding hydrogens is 234 g/mol. The van der Waals surface area contributed by atoms with E-state index in [4.69, 9.17) is 0 Å². The van der Waals surface area contributed by atoms with Gasteiger partial charge in [0.2, 0.25) is 0 Å². The molecule has 0 radical (unpaired) electrons. The van der Waals surface area contributed by atoms with Crippen molar-refractivity contribution in [1.82, 2.24) is 4.90 Å². The van der Waals surface area contributed by atoms with Gasteiger partial charge in [0.05, 0.1) is 5.60 Å². The maximum Gasteiger partial charge on any atom is 0.0923 e. The summed E-state index contributed by atoms with van der Waals surface area (Å²) in [5.41, 5.74) is 1.80. The van der Waals surface area contributed by atoms with Gasteiger partial charge in [-0.3, -0.25) is 0 Å². The lowest BCUT2D eigenvalue weighted by molar-refractivity contribution is -0.0409. The van der Waals surface area contributed by atoms with Crippen LogP contribution in [0.5, 0.6) is 0 Å². The summed E-state index contributed by atoms with van der Waals surface area (Å²) in [6, 6.07) is 8.99. The van der Waals surface area contributed by atoms with Crippen LogP contribution in [0.3, 0.4) is 0 Å². The van der Waals surface area contributed by atoms with Crippen LogP contribution in [0.25, 0.3) is 0 Å². The standard InChI is InChI=1S/C17H27NO/c1-13(2)10-15-6-5-7-16(11-15)17(19)8-9-18(4)14(3)12-17/h5-7,11,13-14,19H,8-10,12H2,1-4H3. The first-order chi connectivity index (χ1) is 8.90. The zero-order valence-corrected chi connectivity index (χ0v) is 12.7. The molecule has 106 valence electrons. The van der Waals surface area contributed by atoms with E-state index >= 15 is 0 Å². The Morgan fingerprint density at radius 1 is 1.42 bits per heavy atom. The predicted molar refractivity (Wildman–Crippen MR) is 80.2 cm³/mol. The molecule has 0 saturated carbocycles. The Balaban J connectivity index is 2.21. The molecular formula is C17H27NO. The normalized spacial score (nSPS) is 28.8. The fraction of sp³-hybridized carbons (Fsp3) is 0.647. The van der Waals surface area contributed by atoms with Crippen LogP contribution >= 0.6 is 0 Å². The van der Waals surface area contributed by atoms with Gasteiger partial charge in [-0.05, 0) is 50.3 Å². The Kier molecular flexibility index (Phi) is 4.32. The number of benzene rings is 1. The van der Waals surface area contributed by atoms with E-state index in [-0.39, 0.29) is 0 Å². The molecule has 1 aliphatic heterocycles. The molecule has 0 bridgehead atoms. The van der Waals surface area contributed by atoms with Crippen molar-refractivity contribution < 1.29 is 5.11 Å². The van der Waals surface area contributed by atoms with Gasteiger partial charge in [0.25, 0.3) is 0 Å². The summed E-state index contributed by atoms with van der Waals surface area (Å²) in [7, 11) is 2.14. The van der Waals surface area contributed by atoms with Crippen molar-refractivity contribution in [2.75, 3.05) is 13.6 Å². The molecule has 0 aliphatic carbocycles. The zero-order valence-electron chi connectivity index (χ0n) is 12.7. The van der Waals surface area contributed by atoms with Crippen LogP contribution in [0.4, 0.5) is 0 Å². The average molecular weight is 261 g/mol. The first-order valence-corrected chi connectivity index (χ1v) is 7.43. The van der Waals surface area contributed by atoms with Crippen molar-refractivity contribution >= 4 is 0 Å². The monoisotopic (exact) mass is 261 g/mol. The molecule has 1 aromatic rings. The van der Waals surface area contributed by atoms with Crippen LogP contribution in [0.2, 0.25) is 0 Å². The molecule has 2 atom stereocenters. The van der Waals surface area contributed by atoms with Crippen molar-refractivity contribution in [3.8, 4) is 0 Å². The van der Waals surface area contributed by atoms with Crippen LogP contribution < -0.4 is 0 Å². The largest absolute Gasteiger partial charge is 0.385 e. The Bertz CT molecular complexity index is 429. The predicted octanol–water partition coefficient (Wildman–Crippen LogP) is 3.19. The van der Waals surface area contributed by atoms with Gasteiger partial charge in [-0.2, -0.15) is 0 Å².